The fourth-order valence-electron chi connectivity index (χ4n) is 3.94. The highest BCUT2D eigenvalue weighted by Crippen LogP contribution is 2.55. The van der Waals surface area contributed by atoms with Crippen molar-refractivity contribution in [1.82, 2.24) is 0 Å². The van der Waals surface area contributed by atoms with Crippen LogP contribution in [0.5, 0.6) is 0 Å². The maximum Gasteiger partial charge on any atom is 0.0286 e. The Labute approximate surface area is 123 Å². The lowest BCUT2D eigenvalue weighted by atomic mass is 9.99. The van der Waals surface area contributed by atoms with E-state index in [1.807, 2.05) is 0 Å². The first kappa shape index (κ1) is 14.1. The molecule has 1 aromatic heterocycles. The number of hydrogen-bond acceptors (Lipinski definition) is 1. The number of thiophene rings is 1. The summed E-state index contributed by atoms with van der Waals surface area (Å²) in [6, 6.07) is 4.84. The summed E-state index contributed by atoms with van der Waals surface area (Å²) in [6.45, 7) is 2.28. The summed E-state index contributed by atoms with van der Waals surface area (Å²) in [7, 11) is 0.147. The Morgan fingerprint density at radius 2 is 1.37 bits per heavy atom. The fraction of sp³-hybridized carbons (Fsp3) is 0.765. The van der Waals surface area contributed by atoms with Gasteiger partial charge in [0.1, 0.15) is 0 Å². The zero-order chi connectivity index (χ0) is 13.1. The van der Waals surface area contributed by atoms with Crippen molar-refractivity contribution in [3.63, 3.8) is 0 Å². The average Bonchev–Trinajstić information content (AvgIpc) is 2.88. The van der Waals surface area contributed by atoms with Gasteiger partial charge in [-0.05, 0) is 56.1 Å². The molecule has 0 N–H and O–H groups in total. The zero-order valence-corrected chi connectivity index (χ0v) is 13.9. The van der Waals surface area contributed by atoms with E-state index in [-0.39, 0.29) is 7.92 Å². The third-order valence-electron chi connectivity index (χ3n) is 4.92. The highest BCUT2D eigenvalue weighted by molar-refractivity contribution is 7.72. The minimum Gasteiger partial charge on any atom is -0.141 e. The van der Waals surface area contributed by atoms with Crippen LogP contribution in [0.4, 0.5) is 0 Å². The van der Waals surface area contributed by atoms with E-state index in [0.29, 0.717) is 0 Å². The van der Waals surface area contributed by atoms with E-state index in [9.17, 15) is 0 Å². The molecule has 106 valence electrons. The van der Waals surface area contributed by atoms with Gasteiger partial charge >= 0.3 is 0 Å². The molecule has 0 bridgehead atoms. The molecule has 0 atom stereocenters. The molecule has 0 saturated heterocycles. The van der Waals surface area contributed by atoms with Crippen molar-refractivity contribution in [3.8, 4) is 0 Å². The van der Waals surface area contributed by atoms with Crippen LogP contribution in [-0.2, 0) is 0 Å². The Morgan fingerprint density at radius 3 is 1.79 bits per heavy atom. The monoisotopic (exact) mass is 294 g/mol. The molecule has 2 aliphatic rings. The van der Waals surface area contributed by atoms with Crippen LogP contribution in [0.2, 0.25) is 0 Å². The van der Waals surface area contributed by atoms with Gasteiger partial charge in [-0.25, -0.2) is 0 Å². The van der Waals surface area contributed by atoms with Crippen molar-refractivity contribution in [2.24, 2.45) is 0 Å². The standard InChI is InChI=1S/C17H27PS/c1-14-12-13-17(19-14)18(15-8-4-2-5-9-15)16-10-6-3-7-11-16/h12-13,15-16H,2-11H2,1H3. The van der Waals surface area contributed by atoms with Crippen molar-refractivity contribution < 1.29 is 0 Å². The smallest absolute Gasteiger partial charge is 0.0286 e. The van der Waals surface area contributed by atoms with Gasteiger partial charge in [-0.1, -0.05) is 46.4 Å². The average molecular weight is 294 g/mol. The summed E-state index contributed by atoms with van der Waals surface area (Å²) >= 11 is 2.11. The maximum absolute atomic E-state index is 2.48. The Kier molecular flexibility index (Phi) is 4.98. The first-order valence-corrected chi connectivity index (χ1v) is 10.5. The summed E-state index contributed by atoms with van der Waals surface area (Å²) < 4.78 is 1.78. The molecule has 0 amide bonds. The van der Waals surface area contributed by atoms with Crippen molar-refractivity contribution in [3.05, 3.63) is 17.0 Å². The van der Waals surface area contributed by atoms with Gasteiger partial charge in [0, 0.05) is 9.50 Å². The van der Waals surface area contributed by atoms with Gasteiger partial charge in [-0.3, -0.25) is 0 Å². The molecule has 0 aliphatic heterocycles. The topological polar surface area (TPSA) is 0 Å². The van der Waals surface area contributed by atoms with Crippen LogP contribution in [0, 0.1) is 6.92 Å². The Morgan fingerprint density at radius 1 is 0.842 bits per heavy atom. The second-order valence-corrected chi connectivity index (χ2v) is 10.7. The fourth-order valence-corrected chi connectivity index (χ4v) is 9.69. The predicted octanol–water partition coefficient (Wildman–Crippen LogP) is 5.83. The largest absolute Gasteiger partial charge is 0.141 e. The molecule has 0 spiro atoms. The normalized spacial score (nSPS) is 23.1. The van der Waals surface area contributed by atoms with Gasteiger partial charge in [-0.2, -0.15) is 0 Å². The molecule has 2 heteroatoms. The van der Waals surface area contributed by atoms with E-state index in [4.69, 9.17) is 0 Å². The van der Waals surface area contributed by atoms with Gasteiger partial charge in [0.05, 0.1) is 0 Å². The van der Waals surface area contributed by atoms with Gasteiger partial charge in [0.2, 0.25) is 0 Å². The first-order valence-electron chi connectivity index (χ1n) is 8.19. The molecule has 0 nitrogen and oxygen atoms in total. The van der Waals surface area contributed by atoms with E-state index < -0.39 is 0 Å². The molecule has 2 aliphatic carbocycles. The predicted molar refractivity (Wildman–Crippen MR) is 89.4 cm³/mol. The van der Waals surface area contributed by atoms with Gasteiger partial charge in [0.25, 0.3) is 0 Å². The lowest BCUT2D eigenvalue weighted by molar-refractivity contribution is 0.487. The minimum atomic E-state index is 0.147. The highest BCUT2D eigenvalue weighted by atomic mass is 32.1. The van der Waals surface area contributed by atoms with Gasteiger partial charge in [0.15, 0.2) is 0 Å². The highest BCUT2D eigenvalue weighted by Gasteiger charge is 2.32. The van der Waals surface area contributed by atoms with Crippen LogP contribution in [0.3, 0.4) is 0 Å². The Hall–Kier alpha value is 0.130. The van der Waals surface area contributed by atoms with E-state index in [1.165, 1.54) is 69.1 Å². The lowest BCUT2D eigenvalue weighted by Gasteiger charge is -2.37. The van der Waals surface area contributed by atoms with Crippen molar-refractivity contribution >= 4 is 23.9 Å². The molecule has 0 aromatic carbocycles. The molecule has 3 rings (SSSR count). The van der Waals surface area contributed by atoms with E-state index in [2.05, 4.69) is 30.4 Å². The van der Waals surface area contributed by atoms with Crippen LogP contribution >= 0.6 is 19.3 Å². The third-order valence-corrected chi connectivity index (χ3v) is 9.89. The second kappa shape index (κ2) is 6.72. The maximum atomic E-state index is 2.48. The number of hydrogen-bond donors (Lipinski definition) is 0. The molecule has 2 fully saturated rings. The zero-order valence-electron chi connectivity index (χ0n) is 12.2. The number of rotatable bonds is 3. The summed E-state index contributed by atoms with van der Waals surface area (Å²) in [5.41, 5.74) is 2.12. The number of aryl methyl sites for hydroxylation is 1. The van der Waals surface area contributed by atoms with E-state index in [0.717, 1.165) is 11.3 Å². The van der Waals surface area contributed by atoms with E-state index >= 15 is 0 Å². The van der Waals surface area contributed by atoms with Crippen molar-refractivity contribution in [1.29, 1.82) is 0 Å². The molecular weight excluding hydrogens is 267 g/mol. The van der Waals surface area contributed by atoms with Crippen LogP contribution < -0.4 is 4.62 Å². The molecule has 19 heavy (non-hydrogen) atoms. The summed E-state index contributed by atoms with van der Waals surface area (Å²) in [4.78, 5) is 1.52. The second-order valence-electron chi connectivity index (χ2n) is 6.38. The van der Waals surface area contributed by atoms with Crippen molar-refractivity contribution in [2.75, 3.05) is 0 Å². The van der Waals surface area contributed by atoms with Crippen LogP contribution in [0.15, 0.2) is 12.1 Å². The minimum absolute atomic E-state index is 0.147. The molecule has 0 unspecified atom stereocenters. The summed E-state index contributed by atoms with van der Waals surface area (Å²) in [5.74, 6) is 0. The lowest BCUT2D eigenvalue weighted by Crippen LogP contribution is -2.24. The van der Waals surface area contributed by atoms with Gasteiger partial charge < -0.3 is 0 Å². The quantitative estimate of drug-likeness (QED) is 0.615. The summed E-state index contributed by atoms with van der Waals surface area (Å²) in [6.07, 6.45) is 15.1. The van der Waals surface area contributed by atoms with Gasteiger partial charge in [-0.15, -0.1) is 11.3 Å². The van der Waals surface area contributed by atoms with Crippen LogP contribution in [-0.4, -0.2) is 11.3 Å². The third kappa shape index (κ3) is 3.42. The molecular formula is C17H27PS. The molecule has 0 radical (unpaired) electrons. The van der Waals surface area contributed by atoms with Crippen LogP contribution in [0.1, 0.15) is 69.1 Å². The Bertz CT molecular complexity index is 368. The van der Waals surface area contributed by atoms with Crippen LogP contribution in [0.25, 0.3) is 0 Å². The molecule has 1 aromatic rings. The SMILES string of the molecule is Cc1ccc(P(C2CCCCC2)C2CCCCC2)s1. The summed E-state index contributed by atoms with van der Waals surface area (Å²) in [5, 5.41) is 0. The molecule has 1 heterocycles. The Balaban J connectivity index is 1.81. The molecule has 2 saturated carbocycles. The van der Waals surface area contributed by atoms with Crippen molar-refractivity contribution in [2.45, 2.75) is 82.4 Å². The van der Waals surface area contributed by atoms with E-state index in [1.54, 1.807) is 4.62 Å². The first-order chi connectivity index (χ1) is 9.34.